The molecule has 3 heteroatoms. The summed E-state index contributed by atoms with van der Waals surface area (Å²) in [6.07, 6.45) is 0. The van der Waals surface area contributed by atoms with Gasteiger partial charge in [0.05, 0.1) is 0 Å². The molecule has 0 aliphatic rings. The van der Waals surface area contributed by atoms with Crippen molar-refractivity contribution in [2.24, 2.45) is 5.92 Å². The molecule has 1 atom stereocenters. The van der Waals surface area contributed by atoms with Crippen LogP contribution in [-0.2, 0) is 0 Å². The van der Waals surface area contributed by atoms with Crippen LogP contribution >= 0.6 is 0 Å². The first kappa shape index (κ1) is 9.86. The van der Waals surface area contributed by atoms with Gasteiger partial charge in [-0.05, 0) is 30.2 Å². The molecule has 0 bridgehead atoms. The second-order valence-electron chi connectivity index (χ2n) is 3.29. The third-order valence-corrected chi connectivity index (χ3v) is 1.88. The minimum atomic E-state index is 0.210. The summed E-state index contributed by atoms with van der Waals surface area (Å²) in [5, 5.41) is 12.0. The largest absolute Gasteiger partial charge is 0.399 e. The molecule has 1 unspecified atom stereocenters. The summed E-state index contributed by atoms with van der Waals surface area (Å²) < 4.78 is 0. The summed E-state index contributed by atoms with van der Waals surface area (Å²) in [4.78, 5) is 0. The van der Waals surface area contributed by atoms with E-state index in [0.29, 0.717) is 0 Å². The van der Waals surface area contributed by atoms with Crippen molar-refractivity contribution >= 4 is 11.4 Å². The van der Waals surface area contributed by atoms with Crippen LogP contribution in [0.1, 0.15) is 6.92 Å². The number of aliphatic hydroxyl groups excluding tert-OH is 1. The van der Waals surface area contributed by atoms with Gasteiger partial charge in [-0.25, -0.2) is 0 Å². The molecule has 72 valence electrons. The van der Waals surface area contributed by atoms with Crippen molar-refractivity contribution in [1.29, 1.82) is 0 Å². The Hall–Kier alpha value is -1.22. The number of hydrogen-bond donors (Lipinski definition) is 3. The number of aliphatic hydroxyl groups is 1. The molecule has 1 rings (SSSR count). The third kappa shape index (κ3) is 3.34. The molecule has 0 aliphatic heterocycles. The molecule has 3 nitrogen and oxygen atoms in total. The highest BCUT2D eigenvalue weighted by molar-refractivity contribution is 5.51. The van der Waals surface area contributed by atoms with Crippen molar-refractivity contribution in [3.05, 3.63) is 24.3 Å². The van der Waals surface area contributed by atoms with Crippen molar-refractivity contribution in [3.63, 3.8) is 0 Å². The van der Waals surface area contributed by atoms with Gasteiger partial charge in [-0.2, -0.15) is 0 Å². The summed E-state index contributed by atoms with van der Waals surface area (Å²) in [5.74, 6) is 0.276. The van der Waals surface area contributed by atoms with E-state index in [4.69, 9.17) is 10.8 Å². The van der Waals surface area contributed by atoms with Crippen LogP contribution in [0.5, 0.6) is 0 Å². The van der Waals surface area contributed by atoms with E-state index in [-0.39, 0.29) is 12.5 Å². The molecule has 0 aliphatic carbocycles. The molecular formula is C10H16N2O. The highest BCUT2D eigenvalue weighted by atomic mass is 16.3. The monoisotopic (exact) mass is 180 g/mol. The lowest BCUT2D eigenvalue weighted by atomic mass is 10.2. The highest BCUT2D eigenvalue weighted by Gasteiger charge is 1.98. The van der Waals surface area contributed by atoms with Gasteiger partial charge in [0.15, 0.2) is 0 Å². The fourth-order valence-electron chi connectivity index (χ4n) is 0.958. The molecule has 0 saturated heterocycles. The Morgan fingerprint density at radius 3 is 2.54 bits per heavy atom. The predicted molar refractivity (Wildman–Crippen MR) is 55.6 cm³/mol. The van der Waals surface area contributed by atoms with E-state index >= 15 is 0 Å². The molecule has 0 heterocycles. The van der Waals surface area contributed by atoms with Crippen molar-refractivity contribution in [2.45, 2.75) is 6.92 Å². The van der Waals surface area contributed by atoms with Crippen LogP contribution in [0.3, 0.4) is 0 Å². The molecule has 13 heavy (non-hydrogen) atoms. The molecule has 0 amide bonds. The van der Waals surface area contributed by atoms with Crippen molar-refractivity contribution in [1.82, 2.24) is 0 Å². The molecule has 0 radical (unpaired) electrons. The van der Waals surface area contributed by atoms with Gasteiger partial charge in [0, 0.05) is 24.5 Å². The topological polar surface area (TPSA) is 58.3 Å². The first-order valence-electron chi connectivity index (χ1n) is 4.42. The van der Waals surface area contributed by atoms with Crippen LogP contribution in [-0.4, -0.2) is 18.3 Å². The number of anilines is 2. The van der Waals surface area contributed by atoms with Gasteiger partial charge >= 0.3 is 0 Å². The minimum absolute atomic E-state index is 0.210. The van der Waals surface area contributed by atoms with E-state index in [2.05, 4.69) is 5.32 Å². The second-order valence-corrected chi connectivity index (χ2v) is 3.29. The van der Waals surface area contributed by atoms with E-state index < -0.39 is 0 Å². The minimum Gasteiger partial charge on any atom is -0.399 e. The molecule has 0 saturated carbocycles. The number of hydrogen-bond acceptors (Lipinski definition) is 3. The summed E-state index contributed by atoms with van der Waals surface area (Å²) in [6.45, 7) is 2.98. The average Bonchev–Trinajstić information content (AvgIpc) is 2.16. The smallest absolute Gasteiger partial charge is 0.0473 e. The zero-order valence-corrected chi connectivity index (χ0v) is 7.83. The number of benzene rings is 1. The summed E-state index contributed by atoms with van der Waals surface area (Å²) >= 11 is 0. The molecular weight excluding hydrogens is 164 g/mol. The third-order valence-electron chi connectivity index (χ3n) is 1.88. The summed E-state index contributed by atoms with van der Waals surface area (Å²) in [6, 6.07) is 7.57. The predicted octanol–water partition coefficient (Wildman–Crippen LogP) is 1.31. The zero-order valence-electron chi connectivity index (χ0n) is 7.83. The van der Waals surface area contributed by atoms with Gasteiger partial charge in [0.2, 0.25) is 0 Å². The van der Waals surface area contributed by atoms with Crippen molar-refractivity contribution in [2.75, 3.05) is 24.2 Å². The Bertz CT molecular complexity index is 246. The molecule has 0 aromatic heterocycles. The van der Waals surface area contributed by atoms with Gasteiger partial charge < -0.3 is 16.2 Å². The van der Waals surface area contributed by atoms with E-state index in [0.717, 1.165) is 17.9 Å². The normalized spacial score (nSPS) is 12.5. The number of nitrogen functional groups attached to an aromatic ring is 1. The summed E-state index contributed by atoms with van der Waals surface area (Å²) in [5.41, 5.74) is 7.34. The van der Waals surface area contributed by atoms with Gasteiger partial charge in [-0.3, -0.25) is 0 Å². The van der Waals surface area contributed by atoms with E-state index in [1.807, 2.05) is 31.2 Å². The van der Waals surface area contributed by atoms with Crippen LogP contribution in [0.2, 0.25) is 0 Å². The van der Waals surface area contributed by atoms with Crippen molar-refractivity contribution < 1.29 is 5.11 Å². The Morgan fingerprint density at radius 1 is 1.38 bits per heavy atom. The Balaban J connectivity index is 2.41. The Labute approximate surface area is 78.6 Å². The fourth-order valence-corrected chi connectivity index (χ4v) is 0.958. The van der Waals surface area contributed by atoms with Crippen LogP contribution in [0.15, 0.2) is 24.3 Å². The molecule has 0 spiro atoms. The number of nitrogens with one attached hydrogen (secondary N) is 1. The maximum absolute atomic E-state index is 8.80. The molecule has 1 aromatic rings. The first-order valence-corrected chi connectivity index (χ1v) is 4.42. The lowest BCUT2D eigenvalue weighted by Crippen LogP contribution is -2.14. The van der Waals surface area contributed by atoms with E-state index in [1.54, 1.807) is 0 Å². The van der Waals surface area contributed by atoms with Crippen molar-refractivity contribution in [3.8, 4) is 0 Å². The number of rotatable bonds is 4. The maximum atomic E-state index is 8.80. The second kappa shape index (κ2) is 4.72. The van der Waals surface area contributed by atoms with Crippen LogP contribution in [0.25, 0.3) is 0 Å². The Morgan fingerprint density at radius 2 is 2.00 bits per heavy atom. The highest BCUT2D eigenvalue weighted by Crippen LogP contribution is 2.10. The lowest BCUT2D eigenvalue weighted by molar-refractivity contribution is 0.244. The zero-order chi connectivity index (χ0) is 9.68. The van der Waals surface area contributed by atoms with Gasteiger partial charge in [-0.15, -0.1) is 0 Å². The van der Waals surface area contributed by atoms with Crippen LogP contribution < -0.4 is 11.1 Å². The van der Waals surface area contributed by atoms with Crippen LogP contribution in [0, 0.1) is 5.92 Å². The van der Waals surface area contributed by atoms with Gasteiger partial charge in [0.1, 0.15) is 0 Å². The molecule has 0 fully saturated rings. The maximum Gasteiger partial charge on any atom is 0.0473 e. The molecule has 1 aromatic carbocycles. The Kier molecular flexibility index (Phi) is 3.58. The fraction of sp³-hybridized carbons (Fsp3) is 0.400. The van der Waals surface area contributed by atoms with E-state index in [9.17, 15) is 0 Å². The van der Waals surface area contributed by atoms with E-state index in [1.165, 1.54) is 0 Å². The standard InChI is InChI=1S/C10H16N2O/c1-8(7-13)6-12-10-4-2-9(11)3-5-10/h2-5,8,12-13H,6-7,11H2,1H3. The first-order chi connectivity index (χ1) is 6.22. The summed E-state index contributed by atoms with van der Waals surface area (Å²) in [7, 11) is 0. The van der Waals surface area contributed by atoms with Crippen LogP contribution in [0.4, 0.5) is 11.4 Å². The van der Waals surface area contributed by atoms with Gasteiger partial charge in [0.25, 0.3) is 0 Å². The molecule has 4 N–H and O–H groups in total. The lowest BCUT2D eigenvalue weighted by Gasteiger charge is -2.10. The number of nitrogens with two attached hydrogens (primary N) is 1. The quantitative estimate of drug-likeness (QED) is 0.612. The SMILES string of the molecule is CC(CO)CNc1ccc(N)cc1. The van der Waals surface area contributed by atoms with Gasteiger partial charge in [-0.1, -0.05) is 6.92 Å². The average molecular weight is 180 g/mol.